The topological polar surface area (TPSA) is 43.4 Å². The van der Waals surface area contributed by atoms with Gasteiger partial charge in [-0.1, -0.05) is 57.4 Å². The van der Waals surface area contributed by atoms with Gasteiger partial charge >= 0.3 is 5.97 Å². The number of hydrogen-bond donors (Lipinski definition) is 0. The number of benzene rings is 1. The van der Waals surface area contributed by atoms with Crippen LogP contribution >= 0.6 is 0 Å². The van der Waals surface area contributed by atoms with Crippen molar-refractivity contribution in [2.45, 2.75) is 64.0 Å². The fourth-order valence-electron chi connectivity index (χ4n) is 3.17. The molecule has 1 saturated carbocycles. The van der Waals surface area contributed by atoms with Crippen molar-refractivity contribution in [1.82, 2.24) is 0 Å². The number of rotatable bonds is 7. The summed E-state index contributed by atoms with van der Waals surface area (Å²) in [5, 5.41) is -0.156. The molecule has 0 saturated heterocycles. The summed E-state index contributed by atoms with van der Waals surface area (Å²) in [5.74, 6) is 0.581. The minimum atomic E-state index is -1.25. The Morgan fingerprint density at radius 3 is 2.33 bits per heavy atom. The highest BCUT2D eigenvalue weighted by Crippen LogP contribution is 2.33. The van der Waals surface area contributed by atoms with Crippen molar-refractivity contribution < 1.29 is 13.7 Å². The van der Waals surface area contributed by atoms with Gasteiger partial charge in [0, 0.05) is 10.8 Å². The summed E-state index contributed by atoms with van der Waals surface area (Å²) < 4.78 is 17.5. The third kappa shape index (κ3) is 5.73. The quantitative estimate of drug-likeness (QED) is 0.667. The van der Waals surface area contributed by atoms with Crippen molar-refractivity contribution in [2.75, 3.05) is 12.4 Å². The zero-order chi connectivity index (χ0) is 17.5. The Balaban J connectivity index is 1.90. The lowest BCUT2D eigenvalue weighted by Gasteiger charge is -2.22. The van der Waals surface area contributed by atoms with Gasteiger partial charge in [0.2, 0.25) is 0 Å². The number of carbonyl (C=O) groups is 1. The Kier molecular flexibility index (Phi) is 7.47. The zero-order valence-corrected chi connectivity index (χ0v) is 15.9. The van der Waals surface area contributed by atoms with E-state index in [0.29, 0.717) is 18.4 Å². The highest BCUT2D eigenvalue weighted by molar-refractivity contribution is 7.85. The van der Waals surface area contributed by atoms with Crippen molar-refractivity contribution in [3.8, 4) is 0 Å². The van der Waals surface area contributed by atoms with Gasteiger partial charge in [0.05, 0.1) is 11.9 Å². The van der Waals surface area contributed by atoms with Gasteiger partial charge < -0.3 is 4.74 Å². The first-order valence-electron chi connectivity index (χ1n) is 9.10. The predicted octanol–water partition coefficient (Wildman–Crippen LogP) is 4.74. The Hall–Kier alpha value is -1.16. The summed E-state index contributed by atoms with van der Waals surface area (Å²) in [7, 11) is -1.25. The van der Waals surface area contributed by atoms with Gasteiger partial charge in [-0.2, -0.15) is 0 Å². The number of esters is 1. The van der Waals surface area contributed by atoms with Crippen LogP contribution in [0, 0.1) is 5.92 Å². The van der Waals surface area contributed by atoms with Gasteiger partial charge in [-0.25, -0.2) is 0 Å². The molecule has 4 heteroatoms. The van der Waals surface area contributed by atoms with E-state index in [4.69, 9.17) is 4.74 Å². The first kappa shape index (κ1) is 19.2. The summed E-state index contributed by atoms with van der Waals surface area (Å²) >= 11 is 0. The summed E-state index contributed by atoms with van der Waals surface area (Å²) in [6.45, 7) is 6.28. The Bertz CT molecular complexity index is 545. The van der Waals surface area contributed by atoms with Crippen molar-refractivity contribution in [3.05, 3.63) is 35.4 Å². The van der Waals surface area contributed by atoms with Gasteiger partial charge in [-0.05, 0) is 42.7 Å². The van der Waals surface area contributed by atoms with Crippen LogP contribution in [0.3, 0.4) is 0 Å². The molecular formula is C20H30O3S. The fraction of sp³-hybridized carbons (Fsp3) is 0.650. The molecule has 0 bridgehead atoms. The molecule has 0 heterocycles. The van der Waals surface area contributed by atoms with Crippen LogP contribution in [-0.4, -0.2) is 22.5 Å². The Labute approximate surface area is 148 Å². The zero-order valence-electron chi connectivity index (χ0n) is 15.1. The van der Waals surface area contributed by atoms with Crippen LogP contribution in [0.4, 0.5) is 0 Å². The van der Waals surface area contributed by atoms with Gasteiger partial charge in [0.1, 0.15) is 5.75 Å². The molecule has 1 aromatic rings. The lowest BCUT2D eigenvalue weighted by atomic mass is 9.84. The standard InChI is InChI=1S/C20H30O3S/c1-15(2)13-23-20(21)14-24(22)16(3)17-9-11-19(12-10-17)18-7-5-4-6-8-18/h9-12,15-16,18H,4-8,13-14H2,1-3H3. The Morgan fingerprint density at radius 2 is 1.75 bits per heavy atom. The summed E-state index contributed by atoms with van der Waals surface area (Å²) in [6, 6.07) is 8.50. The molecule has 1 aromatic carbocycles. The first-order chi connectivity index (χ1) is 11.5. The molecule has 1 aliphatic carbocycles. The van der Waals surface area contributed by atoms with Crippen LogP contribution in [0.15, 0.2) is 24.3 Å². The predicted molar refractivity (Wildman–Crippen MR) is 99.5 cm³/mol. The molecule has 3 nitrogen and oxygen atoms in total. The van der Waals surface area contributed by atoms with E-state index >= 15 is 0 Å². The average Bonchev–Trinajstić information content (AvgIpc) is 2.60. The second-order valence-corrected chi connectivity index (χ2v) is 9.00. The maximum atomic E-state index is 12.4. The SMILES string of the molecule is CC(C)COC(=O)CS(=O)C(C)c1ccc(C2CCCCC2)cc1. The van der Waals surface area contributed by atoms with Crippen LogP contribution in [0.1, 0.15) is 75.2 Å². The molecule has 0 spiro atoms. The third-order valence-corrected chi connectivity index (χ3v) is 6.30. The average molecular weight is 351 g/mol. The van der Waals surface area contributed by atoms with Gasteiger partial charge in [-0.15, -0.1) is 0 Å². The molecule has 0 N–H and O–H groups in total. The van der Waals surface area contributed by atoms with Crippen LogP contribution < -0.4 is 0 Å². The molecule has 2 rings (SSSR count). The minimum Gasteiger partial charge on any atom is -0.465 e. The van der Waals surface area contributed by atoms with E-state index in [1.54, 1.807) is 0 Å². The molecule has 2 unspecified atom stereocenters. The monoisotopic (exact) mass is 350 g/mol. The Morgan fingerprint density at radius 1 is 1.12 bits per heavy atom. The molecule has 0 amide bonds. The van der Waals surface area contributed by atoms with E-state index in [9.17, 15) is 9.00 Å². The molecule has 2 atom stereocenters. The number of hydrogen-bond acceptors (Lipinski definition) is 3. The molecule has 0 aromatic heterocycles. The van der Waals surface area contributed by atoms with Crippen molar-refractivity contribution >= 4 is 16.8 Å². The van der Waals surface area contributed by atoms with E-state index in [0.717, 1.165) is 5.56 Å². The van der Waals surface area contributed by atoms with Crippen molar-refractivity contribution in [2.24, 2.45) is 5.92 Å². The minimum absolute atomic E-state index is 0.0295. The van der Waals surface area contributed by atoms with Gasteiger partial charge in [0.25, 0.3) is 0 Å². The second kappa shape index (κ2) is 9.36. The molecule has 134 valence electrons. The van der Waals surface area contributed by atoms with E-state index in [1.165, 1.54) is 37.7 Å². The van der Waals surface area contributed by atoms with Crippen LogP contribution in [0.2, 0.25) is 0 Å². The van der Waals surface area contributed by atoms with Crippen molar-refractivity contribution in [1.29, 1.82) is 0 Å². The van der Waals surface area contributed by atoms with Crippen LogP contribution in [0.25, 0.3) is 0 Å². The molecule has 0 radical (unpaired) electrons. The summed E-state index contributed by atoms with van der Waals surface area (Å²) in [5.41, 5.74) is 2.43. The molecular weight excluding hydrogens is 320 g/mol. The highest BCUT2D eigenvalue weighted by Gasteiger charge is 2.19. The normalized spacial score (nSPS) is 18.3. The molecule has 24 heavy (non-hydrogen) atoms. The number of ether oxygens (including phenoxy) is 1. The second-order valence-electron chi connectivity index (χ2n) is 7.25. The van der Waals surface area contributed by atoms with Crippen molar-refractivity contribution in [3.63, 3.8) is 0 Å². The smallest absolute Gasteiger partial charge is 0.318 e. The van der Waals surface area contributed by atoms with Crippen LogP contribution in [0.5, 0.6) is 0 Å². The summed E-state index contributed by atoms with van der Waals surface area (Å²) in [6.07, 6.45) is 6.57. The van der Waals surface area contributed by atoms with Crippen LogP contribution in [-0.2, 0) is 20.3 Å². The lowest BCUT2D eigenvalue weighted by molar-refractivity contribution is -0.141. The van der Waals surface area contributed by atoms with E-state index in [-0.39, 0.29) is 17.0 Å². The van der Waals surface area contributed by atoms with E-state index < -0.39 is 10.8 Å². The number of carbonyl (C=O) groups excluding carboxylic acids is 1. The van der Waals surface area contributed by atoms with Gasteiger partial charge in [0.15, 0.2) is 0 Å². The molecule has 1 fully saturated rings. The highest BCUT2D eigenvalue weighted by atomic mass is 32.2. The molecule has 1 aliphatic rings. The lowest BCUT2D eigenvalue weighted by Crippen LogP contribution is -2.19. The third-order valence-electron chi connectivity index (χ3n) is 4.71. The first-order valence-corrected chi connectivity index (χ1v) is 10.5. The maximum Gasteiger partial charge on any atom is 0.318 e. The fourth-order valence-corrected chi connectivity index (χ4v) is 4.20. The van der Waals surface area contributed by atoms with Gasteiger partial charge in [-0.3, -0.25) is 9.00 Å². The van der Waals surface area contributed by atoms with E-state index in [1.807, 2.05) is 20.8 Å². The maximum absolute atomic E-state index is 12.4. The van der Waals surface area contributed by atoms with E-state index in [2.05, 4.69) is 24.3 Å². The summed E-state index contributed by atoms with van der Waals surface area (Å²) in [4.78, 5) is 11.7. The molecule has 0 aliphatic heterocycles. The largest absolute Gasteiger partial charge is 0.465 e.